The van der Waals surface area contributed by atoms with Gasteiger partial charge in [0.25, 0.3) is 0 Å². The van der Waals surface area contributed by atoms with Crippen molar-refractivity contribution in [2.45, 2.75) is 13.0 Å². The largest absolute Gasteiger partial charge is 0.352 e. The zero-order valence-electron chi connectivity index (χ0n) is 9.30. The fourth-order valence-electron chi connectivity index (χ4n) is 1.87. The Kier molecular flexibility index (Phi) is 4.42. The first-order chi connectivity index (χ1) is 8.16. The van der Waals surface area contributed by atoms with Crippen LogP contribution in [0.3, 0.4) is 0 Å². The zero-order valence-corrected chi connectivity index (χ0v) is 11.6. The smallest absolute Gasteiger partial charge is 0.224 e. The van der Waals surface area contributed by atoms with Crippen LogP contribution in [0.2, 0.25) is 5.02 Å². The van der Waals surface area contributed by atoms with E-state index in [4.69, 9.17) is 11.6 Å². The van der Waals surface area contributed by atoms with E-state index in [1.807, 2.05) is 18.2 Å². The molecule has 2 rings (SSSR count). The van der Waals surface area contributed by atoms with Crippen LogP contribution in [-0.2, 0) is 11.3 Å². The highest BCUT2D eigenvalue weighted by atomic mass is 79.9. The number of carbonyl (C=O) groups is 1. The van der Waals surface area contributed by atoms with Gasteiger partial charge >= 0.3 is 0 Å². The van der Waals surface area contributed by atoms with Gasteiger partial charge in [-0.15, -0.1) is 0 Å². The molecule has 1 aliphatic rings. The SMILES string of the molecule is O=C(NCc1ccc(Br)cc1Cl)C1CCNC1. The van der Waals surface area contributed by atoms with Crippen molar-refractivity contribution in [2.24, 2.45) is 5.92 Å². The van der Waals surface area contributed by atoms with Crippen molar-refractivity contribution in [3.63, 3.8) is 0 Å². The molecule has 1 saturated heterocycles. The Labute approximate surface area is 114 Å². The van der Waals surface area contributed by atoms with Crippen LogP contribution in [-0.4, -0.2) is 19.0 Å². The van der Waals surface area contributed by atoms with Gasteiger partial charge in [0.1, 0.15) is 0 Å². The van der Waals surface area contributed by atoms with Gasteiger partial charge in [0.2, 0.25) is 5.91 Å². The summed E-state index contributed by atoms with van der Waals surface area (Å²) in [6.07, 6.45) is 0.917. The van der Waals surface area contributed by atoms with Crippen molar-refractivity contribution in [1.82, 2.24) is 10.6 Å². The van der Waals surface area contributed by atoms with E-state index in [9.17, 15) is 4.79 Å². The molecule has 1 heterocycles. The van der Waals surface area contributed by atoms with Gasteiger partial charge < -0.3 is 10.6 Å². The van der Waals surface area contributed by atoms with E-state index in [1.54, 1.807) is 0 Å². The fourth-order valence-corrected chi connectivity index (χ4v) is 2.61. The molecule has 3 nitrogen and oxygen atoms in total. The Balaban J connectivity index is 1.90. The number of rotatable bonds is 3. The van der Waals surface area contributed by atoms with Crippen molar-refractivity contribution >= 4 is 33.4 Å². The van der Waals surface area contributed by atoms with Crippen molar-refractivity contribution in [1.29, 1.82) is 0 Å². The van der Waals surface area contributed by atoms with Gasteiger partial charge in [-0.25, -0.2) is 0 Å². The normalized spacial score (nSPS) is 19.3. The van der Waals surface area contributed by atoms with Gasteiger partial charge in [0, 0.05) is 22.6 Å². The standard InChI is InChI=1S/C12H14BrClN2O/c13-10-2-1-8(11(14)5-10)7-16-12(17)9-3-4-15-6-9/h1-2,5,9,15H,3-4,6-7H2,(H,16,17). The maximum atomic E-state index is 11.8. The molecule has 5 heteroatoms. The molecule has 17 heavy (non-hydrogen) atoms. The Morgan fingerprint density at radius 3 is 3.06 bits per heavy atom. The molecule has 0 bridgehead atoms. The minimum Gasteiger partial charge on any atom is -0.352 e. The molecule has 2 N–H and O–H groups in total. The highest BCUT2D eigenvalue weighted by molar-refractivity contribution is 9.10. The summed E-state index contributed by atoms with van der Waals surface area (Å²) in [6, 6.07) is 5.67. The van der Waals surface area contributed by atoms with E-state index in [-0.39, 0.29) is 11.8 Å². The predicted molar refractivity (Wildman–Crippen MR) is 72.0 cm³/mol. The zero-order chi connectivity index (χ0) is 12.3. The summed E-state index contributed by atoms with van der Waals surface area (Å²) in [5, 5.41) is 6.77. The molecule has 1 unspecified atom stereocenters. The average Bonchev–Trinajstić information content (AvgIpc) is 2.81. The third kappa shape index (κ3) is 3.44. The first-order valence-electron chi connectivity index (χ1n) is 5.59. The van der Waals surface area contributed by atoms with Gasteiger partial charge in [-0.05, 0) is 30.7 Å². The number of benzene rings is 1. The topological polar surface area (TPSA) is 41.1 Å². The van der Waals surface area contributed by atoms with E-state index >= 15 is 0 Å². The van der Waals surface area contributed by atoms with Crippen LogP contribution in [0.25, 0.3) is 0 Å². The Hall–Kier alpha value is -0.580. The second-order valence-corrected chi connectivity index (χ2v) is 5.47. The lowest BCUT2D eigenvalue weighted by Gasteiger charge is -2.10. The van der Waals surface area contributed by atoms with Crippen LogP contribution in [0, 0.1) is 5.92 Å². The molecule has 0 aliphatic carbocycles. The van der Waals surface area contributed by atoms with E-state index in [1.165, 1.54) is 0 Å². The first-order valence-corrected chi connectivity index (χ1v) is 6.76. The molecule has 1 amide bonds. The number of hydrogen-bond donors (Lipinski definition) is 2. The Bertz CT molecular complexity index is 419. The summed E-state index contributed by atoms with van der Waals surface area (Å²) in [7, 11) is 0. The predicted octanol–water partition coefficient (Wildman–Crippen LogP) is 2.33. The maximum absolute atomic E-state index is 11.8. The Morgan fingerprint density at radius 2 is 2.41 bits per heavy atom. The molecule has 1 aliphatic heterocycles. The second kappa shape index (κ2) is 5.85. The van der Waals surface area contributed by atoms with Gasteiger partial charge in [-0.3, -0.25) is 4.79 Å². The van der Waals surface area contributed by atoms with Gasteiger partial charge in [-0.1, -0.05) is 33.6 Å². The molecule has 0 spiro atoms. The summed E-state index contributed by atoms with van der Waals surface area (Å²) < 4.78 is 0.942. The Morgan fingerprint density at radius 1 is 1.59 bits per heavy atom. The quantitative estimate of drug-likeness (QED) is 0.898. The third-order valence-corrected chi connectivity index (χ3v) is 3.74. The molecule has 1 aromatic rings. The number of nitrogens with one attached hydrogen (secondary N) is 2. The van der Waals surface area contributed by atoms with E-state index in [0.29, 0.717) is 11.6 Å². The van der Waals surface area contributed by atoms with Crippen molar-refractivity contribution in [3.8, 4) is 0 Å². The summed E-state index contributed by atoms with van der Waals surface area (Å²) in [5.41, 5.74) is 0.939. The van der Waals surface area contributed by atoms with Crippen molar-refractivity contribution in [2.75, 3.05) is 13.1 Å². The minimum absolute atomic E-state index is 0.101. The third-order valence-electron chi connectivity index (χ3n) is 2.90. The highest BCUT2D eigenvalue weighted by Gasteiger charge is 2.21. The van der Waals surface area contributed by atoms with E-state index in [0.717, 1.165) is 29.5 Å². The lowest BCUT2D eigenvalue weighted by atomic mass is 10.1. The van der Waals surface area contributed by atoms with Crippen molar-refractivity contribution in [3.05, 3.63) is 33.3 Å². The molecule has 0 aromatic heterocycles. The number of carbonyl (C=O) groups excluding carboxylic acids is 1. The molecule has 0 saturated carbocycles. The van der Waals surface area contributed by atoms with Crippen LogP contribution in [0.1, 0.15) is 12.0 Å². The fraction of sp³-hybridized carbons (Fsp3) is 0.417. The van der Waals surface area contributed by atoms with Crippen molar-refractivity contribution < 1.29 is 4.79 Å². The molecule has 1 fully saturated rings. The highest BCUT2D eigenvalue weighted by Crippen LogP contribution is 2.21. The van der Waals surface area contributed by atoms with Gasteiger partial charge in [0.15, 0.2) is 0 Å². The number of hydrogen-bond acceptors (Lipinski definition) is 2. The van der Waals surface area contributed by atoms with E-state index < -0.39 is 0 Å². The summed E-state index contributed by atoms with van der Waals surface area (Å²) in [5.74, 6) is 0.207. The summed E-state index contributed by atoms with van der Waals surface area (Å²) >= 11 is 9.43. The molecule has 92 valence electrons. The molecular formula is C12H14BrClN2O. The molecule has 1 aromatic carbocycles. The van der Waals surface area contributed by atoms with Crippen LogP contribution >= 0.6 is 27.5 Å². The lowest BCUT2D eigenvalue weighted by Crippen LogP contribution is -2.31. The maximum Gasteiger partial charge on any atom is 0.224 e. The lowest BCUT2D eigenvalue weighted by molar-refractivity contribution is -0.124. The summed E-state index contributed by atoms with van der Waals surface area (Å²) in [4.78, 5) is 11.8. The average molecular weight is 318 g/mol. The van der Waals surface area contributed by atoms with Crippen LogP contribution < -0.4 is 10.6 Å². The summed E-state index contributed by atoms with van der Waals surface area (Å²) in [6.45, 7) is 2.19. The minimum atomic E-state index is 0.101. The van der Waals surface area contributed by atoms with Gasteiger partial charge in [0.05, 0.1) is 5.92 Å². The van der Waals surface area contributed by atoms with Gasteiger partial charge in [-0.2, -0.15) is 0 Å². The van der Waals surface area contributed by atoms with Crippen LogP contribution in [0.5, 0.6) is 0 Å². The first kappa shape index (κ1) is 12.9. The van der Waals surface area contributed by atoms with E-state index in [2.05, 4.69) is 26.6 Å². The molecule has 0 radical (unpaired) electrons. The number of halogens is 2. The van der Waals surface area contributed by atoms with Crippen LogP contribution in [0.4, 0.5) is 0 Å². The van der Waals surface area contributed by atoms with Crippen LogP contribution in [0.15, 0.2) is 22.7 Å². The monoisotopic (exact) mass is 316 g/mol. The molecular weight excluding hydrogens is 304 g/mol. The second-order valence-electron chi connectivity index (χ2n) is 4.14. The number of amides is 1. The molecule has 1 atom stereocenters.